The Morgan fingerprint density at radius 2 is 2.06 bits per heavy atom. The summed E-state index contributed by atoms with van der Waals surface area (Å²) in [4.78, 5) is 8.72. The van der Waals surface area contributed by atoms with E-state index in [4.69, 9.17) is 17.3 Å². The van der Waals surface area contributed by atoms with Crippen LogP contribution in [0.3, 0.4) is 0 Å². The van der Waals surface area contributed by atoms with E-state index in [2.05, 4.69) is 9.97 Å². The largest absolute Gasteiger partial charge is 0.330 e. The predicted molar refractivity (Wildman–Crippen MR) is 69.9 cm³/mol. The maximum Gasteiger partial charge on any atom is 0.159 e. The van der Waals surface area contributed by atoms with Crippen LogP contribution in [-0.2, 0) is 6.42 Å². The average Bonchev–Trinajstić information content (AvgIpc) is 2.32. The monoisotopic (exact) mass is 265 g/mol. The quantitative estimate of drug-likeness (QED) is 0.928. The molecular formula is C13H13ClFN3. The zero-order valence-electron chi connectivity index (χ0n) is 9.95. The fourth-order valence-corrected chi connectivity index (χ4v) is 1.85. The summed E-state index contributed by atoms with van der Waals surface area (Å²) in [7, 11) is 0. The van der Waals surface area contributed by atoms with Crippen LogP contribution in [0.1, 0.15) is 11.4 Å². The SMILES string of the molecule is Cc1cc(CCN)nc(-c2ccc(F)c(Cl)c2)n1. The smallest absolute Gasteiger partial charge is 0.159 e. The molecule has 18 heavy (non-hydrogen) atoms. The summed E-state index contributed by atoms with van der Waals surface area (Å²) >= 11 is 5.75. The Bertz CT molecular complexity index is 572. The van der Waals surface area contributed by atoms with Gasteiger partial charge in [-0.2, -0.15) is 0 Å². The van der Waals surface area contributed by atoms with Gasteiger partial charge < -0.3 is 5.73 Å². The van der Waals surface area contributed by atoms with Gasteiger partial charge in [-0.15, -0.1) is 0 Å². The molecule has 1 aromatic carbocycles. The first kappa shape index (κ1) is 12.9. The van der Waals surface area contributed by atoms with Gasteiger partial charge in [0, 0.05) is 23.4 Å². The highest BCUT2D eigenvalue weighted by Crippen LogP contribution is 2.22. The molecule has 1 heterocycles. The van der Waals surface area contributed by atoms with Gasteiger partial charge in [-0.05, 0) is 37.7 Å². The molecule has 0 aliphatic carbocycles. The van der Waals surface area contributed by atoms with Gasteiger partial charge in [0.15, 0.2) is 5.82 Å². The Morgan fingerprint density at radius 3 is 2.72 bits per heavy atom. The van der Waals surface area contributed by atoms with Crippen LogP contribution in [0.2, 0.25) is 5.02 Å². The summed E-state index contributed by atoms with van der Waals surface area (Å²) in [5.74, 6) is 0.0931. The van der Waals surface area contributed by atoms with Gasteiger partial charge in [0.25, 0.3) is 0 Å². The summed E-state index contributed by atoms with van der Waals surface area (Å²) in [6.07, 6.45) is 0.686. The van der Waals surface area contributed by atoms with Crippen LogP contribution < -0.4 is 5.73 Å². The summed E-state index contributed by atoms with van der Waals surface area (Å²) < 4.78 is 13.1. The molecule has 0 saturated heterocycles. The van der Waals surface area contributed by atoms with E-state index in [1.807, 2.05) is 13.0 Å². The Balaban J connectivity index is 2.46. The fourth-order valence-electron chi connectivity index (χ4n) is 1.67. The number of hydrogen-bond acceptors (Lipinski definition) is 3. The van der Waals surface area contributed by atoms with Crippen LogP contribution >= 0.6 is 11.6 Å². The molecule has 0 bridgehead atoms. The lowest BCUT2D eigenvalue weighted by atomic mass is 10.2. The molecule has 0 aliphatic heterocycles. The molecule has 0 amide bonds. The minimum absolute atomic E-state index is 0.0676. The molecule has 1 aromatic heterocycles. The fraction of sp³-hybridized carbons (Fsp3) is 0.231. The van der Waals surface area contributed by atoms with Gasteiger partial charge in [0.05, 0.1) is 5.02 Å². The number of aryl methyl sites for hydroxylation is 1. The Hall–Kier alpha value is -1.52. The van der Waals surface area contributed by atoms with Crippen LogP contribution in [0, 0.1) is 12.7 Å². The topological polar surface area (TPSA) is 51.8 Å². The van der Waals surface area contributed by atoms with Crippen molar-refractivity contribution in [3.63, 3.8) is 0 Å². The first-order valence-corrected chi connectivity index (χ1v) is 5.98. The van der Waals surface area contributed by atoms with Crippen molar-refractivity contribution in [2.24, 2.45) is 5.73 Å². The van der Waals surface area contributed by atoms with Gasteiger partial charge in [-0.3, -0.25) is 0 Å². The maximum atomic E-state index is 13.1. The van der Waals surface area contributed by atoms with Gasteiger partial charge >= 0.3 is 0 Å². The summed E-state index contributed by atoms with van der Waals surface area (Å²) in [6, 6.07) is 6.34. The second kappa shape index (κ2) is 5.42. The van der Waals surface area contributed by atoms with Crippen molar-refractivity contribution in [3.8, 4) is 11.4 Å². The number of aromatic nitrogens is 2. The first-order valence-electron chi connectivity index (χ1n) is 5.60. The van der Waals surface area contributed by atoms with Crippen molar-refractivity contribution in [2.45, 2.75) is 13.3 Å². The van der Waals surface area contributed by atoms with E-state index in [1.54, 1.807) is 6.07 Å². The standard InChI is InChI=1S/C13H13ClFN3/c1-8-6-10(4-5-16)18-13(17-8)9-2-3-12(15)11(14)7-9/h2-3,6-7H,4-5,16H2,1H3. The minimum Gasteiger partial charge on any atom is -0.330 e. The summed E-state index contributed by atoms with van der Waals surface area (Å²) in [5, 5.41) is 0.0676. The molecule has 0 atom stereocenters. The number of hydrogen-bond donors (Lipinski definition) is 1. The molecule has 2 aromatic rings. The predicted octanol–water partition coefficient (Wildman–Crippen LogP) is 2.75. The van der Waals surface area contributed by atoms with Crippen molar-refractivity contribution < 1.29 is 4.39 Å². The average molecular weight is 266 g/mol. The summed E-state index contributed by atoms with van der Waals surface area (Å²) in [6.45, 7) is 2.41. The van der Waals surface area contributed by atoms with Gasteiger partial charge in [-0.25, -0.2) is 14.4 Å². The molecule has 94 valence electrons. The minimum atomic E-state index is -0.449. The number of nitrogens with zero attached hydrogens (tertiary/aromatic N) is 2. The van der Waals surface area contributed by atoms with E-state index in [-0.39, 0.29) is 5.02 Å². The van der Waals surface area contributed by atoms with Crippen LogP contribution in [0.5, 0.6) is 0 Å². The zero-order chi connectivity index (χ0) is 13.1. The highest BCUT2D eigenvalue weighted by molar-refractivity contribution is 6.31. The van der Waals surface area contributed by atoms with Gasteiger partial charge in [-0.1, -0.05) is 11.6 Å². The lowest BCUT2D eigenvalue weighted by Crippen LogP contribution is -2.06. The Kier molecular flexibility index (Phi) is 3.89. The molecule has 0 fully saturated rings. The third-order valence-corrected chi connectivity index (χ3v) is 2.78. The van der Waals surface area contributed by atoms with E-state index in [0.717, 1.165) is 11.4 Å². The normalized spacial score (nSPS) is 10.7. The first-order chi connectivity index (χ1) is 8.60. The van der Waals surface area contributed by atoms with E-state index in [0.29, 0.717) is 24.4 Å². The van der Waals surface area contributed by atoms with E-state index in [9.17, 15) is 4.39 Å². The maximum absolute atomic E-state index is 13.1. The molecule has 0 aliphatic rings. The molecule has 2 N–H and O–H groups in total. The second-order valence-corrected chi connectivity index (χ2v) is 4.40. The van der Waals surface area contributed by atoms with Crippen LogP contribution in [0.15, 0.2) is 24.3 Å². The van der Waals surface area contributed by atoms with Crippen molar-refractivity contribution in [3.05, 3.63) is 46.5 Å². The van der Waals surface area contributed by atoms with Crippen LogP contribution in [-0.4, -0.2) is 16.5 Å². The Morgan fingerprint density at radius 1 is 1.28 bits per heavy atom. The molecule has 0 saturated carbocycles. The van der Waals surface area contributed by atoms with E-state index in [1.165, 1.54) is 12.1 Å². The van der Waals surface area contributed by atoms with Crippen molar-refractivity contribution in [1.29, 1.82) is 0 Å². The molecule has 0 radical (unpaired) electrons. The van der Waals surface area contributed by atoms with Crippen LogP contribution in [0.4, 0.5) is 4.39 Å². The van der Waals surface area contributed by atoms with E-state index >= 15 is 0 Å². The zero-order valence-corrected chi connectivity index (χ0v) is 10.7. The lowest BCUT2D eigenvalue weighted by molar-refractivity contribution is 0.628. The number of halogens is 2. The van der Waals surface area contributed by atoms with Gasteiger partial charge in [0.1, 0.15) is 5.82 Å². The highest BCUT2D eigenvalue weighted by Gasteiger charge is 2.07. The molecule has 5 heteroatoms. The second-order valence-electron chi connectivity index (χ2n) is 3.99. The van der Waals surface area contributed by atoms with Crippen molar-refractivity contribution >= 4 is 11.6 Å². The molecule has 3 nitrogen and oxygen atoms in total. The van der Waals surface area contributed by atoms with Crippen molar-refractivity contribution in [1.82, 2.24) is 9.97 Å². The highest BCUT2D eigenvalue weighted by atomic mass is 35.5. The molecular weight excluding hydrogens is 253 g/mol. The van der Waals surface area contributed by atoms with Gasteiger partial charge in [0.2, 0.25) is 0 Å². The number of benzene rings is 1. The number of rotatable bonds is 3. The third kappa shape index (κ3) is 2.83. The third-order valence-electron chi connectivity index (χ3n) is 2.49. The van der Waals surface area contributed by atoms with Crippen molar-refractivity contribution in [2.75, 3.05) is 6.54 Å². The lowest BCUT2D eigenvalue weighted by Gasteiger charge is -2.06. The molecule has 0 spiro atoms. The van der Waals surface area contributed by atoms with Crippen LogP contribution in [0.25, 0.3) is 11.4 Å². The molecule has 0 unspecified atom stereocenters. The number of nitrogens with two attached hydrogens (primary N) is 1. The van der Waals surface area contributed by atoms with E-state index < -0.39 is 5.82 Å². The Labute approximate surface area is 110 Å². The molecule has 2 rings (SSSR count). The summed E-state index contributed by atoms with van der Waals surface area (Å²) in [5.41, 5.74) is 7.94.